The quantitative estimate of drug-likeness (QED) is 0.586. The van der Waals surface area contributed by atoms with Gasteiger partial charge in [-0.1, -0.05) is 30.3 Å². The summed E-state index contributed by atoms with van der Waals surface area (Å²) in [6.07, 6.45) is -1.23. The van der Waals surface area contributed by atoms with Crippen molar-refractivity contribution in [3.63, 3.8) is 0 Å². The maximum atomic E-state index is 13.1. The largest absolute Gasteiger partial charge is 0.497 e. The first-order valence-electron chi connectivity index (χ1n) is 9.06. The molecular formula is C23H20FNO5. The second-order valence-electron chi connectivity index (χ2n) is 6.26. The number of rotatable bonds is 7. The summed E-state index contributed by atoms with van der Waals surface area (Å²) >= 11 is 0. The minimum Gasteiger partial charge on any atom is -0.497 e. The molecule has 1 amide bonds. The molecule has 0 aliphatic carbocycles. The lowest BCUT2D eigenvalue weighted by molar-refractivity contribution is -0.125. The van der Waals surface area contributed by atoms with E-state index in [2.05, 4.69) is 5.32 Å². The summed E-state index contributed by atoms with van der Waals surface area (Å²) in [5, 5.41) is 2.64. The van der Waals surface area contributed by atoms with Gasteiger partial charge in [-0.15, -0.1) is 0 Å². The molecule has 7 heteroatoms. The van der Waals surface area contributed by atoms with Gasteiger partial charge in [0.15, 0.2) is 0 Å². The number of amides is 1. The van der Waals surface area contributed by atoms with Gasteiger partial charge < -0.3 is 19.5 Å². The lowest BCUT2D eigenvalue weighted by Gasteiger charge is -2.19. The number of esters is 1. The molecule has 1 atom stereocenters. The van der Waals surface area contributed by atoms with Crippen molar-refractivity contribution in [3.05, 3.63) is 89.7 Å². The molecule has 154 valence electrons. The van der Waals surface area contributed by atoms with Crippen molar-refractivity contribution in [2.45, 2.75) is 6.10 Å². The van der Waals surface area contributed by atoms with E-state index in [9.17, 15) is 14.0 Å². The Balaban J connectivity index is 1.87. The Labute approximate surface area is 173 Å². The van der Waals surface area contributed by atoms with Crippen LogP contribution in [-0.2, 0) is 9.53 Å². The highest BCUT2D eigenvalue weighted by Crippen LogP contribution is 2.28. The molecule has 6 nitrogen and oxygen atoms in total. The number of nitrogens with one attached hydrogen (secondary N) is 1. The van der Waals surface area contributed by atoms with E-state index in [1.54, 1.807) is 42.5 Å². The zero-order valence-corrected chi connectivity index (χ0v) is 16.4. The van der Waals surface area contributed by atoms with Crippen LogP contribution in [0.25, 0.3) is 0 Å². The highest BCUT2D eigenvalue weighted by atomic mass is 19.1. The Hall–Kier alpha value is -3.87. The standard InChI is InChI=1S/C23H20FNO5/c1-28-18-12-13-19(20(14-18)29-2)23(27)30-21(15-6-4-3-5-7-15)22(26)25-17-10-8-16(24)9-11-17/h3-14,21H,1-2H3,(H,25,26)/t21-/m0/s1. The molecule has 0 saturated heterocycles. The summed E-state index contributed by atoms with van der Waals surface area (Å²) in [6.45, 7) is 0. The summed E-state index contributed by atoms with van der Waals surface area (Å²) in [5.41, 5.74) is 1.01. The SMILES string of the molecule is COc1ccc(C(=O)O[C@H](C(=O)Nc2ccc(F)cc2)c2ccccc2)c(OC)c1. The number of methoxy groups -OCH3 is 2. The van der Waals surface area contributed by atoms with E-state index in [1.807, 2.05) is 0 Å². The van der Waals surface area contributed by atoms with E-state index in [0.29, 0.717) is 17.0 Å². The molecule has 1 N–H and O–H groups in total. The third-order valence-corrected chi connectivity index (χ3v) is 4.31. The highest BCUT2D eigenvalue weighted by molar-refractivity contribution is 5.99. The average molecular weight is 409 g/mol. The van der Waals surface area contributed by atoms with Gasteiger partial charge in [-0.25, -0.2) is 9.18 Å². The van der Waals surface area contributed by atoms with Crippen molar-refractivity contribution in [2.24, 2.45) is 0 Å². The van der Waals surface area contributed by atoms with Gasteiger partial charge in [0.2, 0.25) is 6.10 Å². The summed E-state index contributed by atoms with van der Waals surface area (Å²) in [6, 6.07) is 18.5. The maximum absolute atomic E-state index is 13.1. The third kappa shape index (κ3) is 4.94. The molecule has 3 aromatic rings. The van der Waals surface area contributed by atoms with E-state index in [0.717, 1.165) is 0 Å². The molecule has 0 aliphatic heterocycles. The fourth-order valence-electron chi connectivity index (χ4n) is 2.78. The minimum absolute atomic E-state index is 0.147. The number of carbonyl (C=O) groups excluding carboxylic acids is 2. The third-order valence-electron chi connectivity index (χ3n) is 4.31. The Morgan fingerprint density at radius 1 is 0.900 bits per heavy atom. The lowest BCUT2D eigenvalue weighted by atomic mass is 10.1. The fraction of sp³-hybridized carbons (Fsp3) is 0.130. The Bertz CT molecular complexity index is 1020. The summed E-state index contributed by atoms with van der Waals surface area (Å²) in [4.78, 5) is 25.7. The summed E-state index contributed by atoms with van der Waals surface area (Å²) in [7, 11) is 2.92. The van der Waals surface area contributed by atoms with Crippen molar-refractivity contribution >= 4 is 17.6 Å². The van der Waals surface area contributed by atoms with E-state index >= 15 is 0 Å². The topological polar surface area (TPSA) is 73.9 Å². The molecule has 0 heterocycles. The molecule has 3 aromatic carbocycles. The van der Waals surface area contributed by atoms with Crippen molar-refractivity contribution < 1.29 is 28.2 Å². The van der Waals surface area contributed by atoms with Gasteiger partial charge in [-0.05, 0) is 36.4 Å². The molecule has 30 heavy (non-hydrogen) atoms. The van der Waals surface area contributed by atoms with Crippen LogP contribution < -0.4 is 14.8 Å². The number of halogens is 1. The number of benzene rings is 3. The van der Waals surface area contributed by atoms with E-state index in [-0.39, 0.29) is 11.3 Å². The van der Waals surface area contributed by atoms with Crippen molar-refractivity contribution in [2.75, 3.05) is 19.5 Å². The summed E-state index contributed by atoms with van der Waals surface area (Å²) < 4.78 is 29.1. The predicted octanol–water partition coefficient (Wildman–Crippen LogP) is 4.38. The molecule has 0 fully saturated rings. The van der Waals surface area contributed by atoms with Crippen LogP contribution in [0.3, 0.4) is 0 Å². The van der Waals surface area contributed by atoms with Crippen LogP contribution in [0.1, 0.15) is 22.0 Å². The number of hydrogen-bond donors (Lipinski definition) is 1. The van der Waals surface area contributed by atoms with Gasteiger partial charge in [0.25, 0.3) is 5.91 Å². The molecule has 0 saturated carbocycles. The van der Waals surface area contributed by atoms with Crippen molar-refractivity contribution in [3.8, 4) is 11.5 Å². The minimum atomic E-state index is -1.23. The normalized spacial score (nSPS) is 11.3. The molecule has 3 rings (SSSR count). The van der Waals surface area contributed by atoms with Crippen LogP contribution in [0, 0.1) is 5.82 Å². The first-order chi connectivity index (χ1) is 14.5. The van der Waals surface area contributed by atoms with Gasteiger partial charge in [0.1, 0.15) is 22.9 Å². The molecule has 0 unspecified atom stereocenters. The number of carbonyl (C=O) groups is 2. The van der Waals surface area contributed by atoms with Gasteiger partial charge in [0.05, 0.1) is 14.2 Å². The smallest absolute Gasteiger partial charge is 0.343 e. The first kappa shape index (κ1) is 20.9. The van der Waals surface area contributed by atoms with Crippen LogP contribution in [0.4, 0.5) is 10.1 Å². The highest BCUT2D eigenvalue weighted by Gasteiger charge is 2.27. The molecular weight excluding hydrogens is 389 g/mol. The number of hydrogen-bond acceptors (Lipinski definition) is 5. The second-order valence-corrected chi connectivity index (χ2v) is 6.26. The Morgan fingerprint density at radius 3 is 2.23 bits per heavy atom. The van der Waals surface area contributed by atoms with Gasteiger partial charge >= 0.3 is 5.97 Å². The average Bonchev–Trinajstić information content (AvgIpc) is 2.78. The number of ether oxygens (including phenoxy) is 3. The summed E-state index contributed by atoms with van der Waals surface area (Å²) in [5.74, 6) is -0.973. The number of anilines is 1. The molecule has 0 aliphatic rings. The Morgan fingerprint density at radius 2 is 1.60 bits per heavy atom. The second kappa shape index (κ2) is 9.56. The molecule has 0 spiro atoms. The zero-order chi connectivity index (χ0) is 21.5. The monoisotopic (exact) mass is 409 g/mol. The molecule has 0 radical (unpaired) electrons. The van der Waals surface area contributed by atoms with E-state index in [1.165, 1.54) is 44.6 Å². The van der Waals surface area contributed by atoms with Gasteiger partial charge in [0, 0.05) is 17.3 Å². The van der Waals surface area contributed by atoms with Gasteiger partial charge in [-0.3, -0.25) is 4.79 Å². The van der Waals surface area contributed by atoms with Crippen molar-refractivity contribution in [1.82, 2.24) is 0 Å². The van der Waals surface area contributed by atoms with E-state index in [4.69, 9.17) is 14.2 Å². The van der Waals surface area contributed by atoms with Crippen LogP contribution in [-0.4, -0.2) is 26.1 Å². The Kier molecular flexibility index (Phi) is 6.64. The maximum Gasteiger partial charge on any atom is 0.343 e. The van der Waals surface area contributed by atoms with E-state index < -0.39 is 23.8 Å². The van der Waals surface area contributed by atoms with Crippen LogP contribution >= 0.6 is 0 Å². The van der Waals surface area contributed by atoms with Crippen LogP contribution in [0.2, 0.25) is 0 Å². The molecule has 0 aromatic heterocycles. The zero-order valence-electron chi connectivity index (χ0n) is 16.4. The van der Waals surface area contributed by atoms with Crippen LogP contribution in [0.5, 0.6) is 11.5 Å². The van der Waals surface area contributed by atoms with Crippen LogP contribution in [0.15, 0.2) is 72.8 Å². The first-order valence-corrected chi connectivity index (χ1v) is 9.06. The molecule has 0 bridgehead atoms. The van der Waals surface area contributed by atoms with Gasteiger partial charge in [-0.2, -0.15) is 0 Å². The van der Waals surface area contributed by atoms with Crippen molar-refractivity contribution in [1.29, 1.82) is 0 Å². The predicted molar refractivity (Wildman–Crippen MR) is 109 cm³/mol. The fourth-order valence-corrected chi connectivity index (χ4v) is 2.78. The lowest BCUT2D eigenvalue weighted by Crippen LogP contribution is -2.26.